The maximum absolute atomic E-state index is 6.19. The zero-order valence-corrected chi connectivity index (χ0v) is 11.5. The number of benzene rings is 1. The first-order valence-corrected chi connectivity index (χ1v) is 7.16. The second kappa shape index (κ2) is 5.35. The molecule has 2 atom stereocenters. The van der Waals surface area contributed by atoms with Gasteiger partial charge < -0.3 is 11.1 Å². The molecule has 1 aliphatic carbocycles. The molecule has 2 unspecified atom stereocenters. The molecule has 4 heteroatoms. The van der Waals surface area contributed by atoms with Crippen LogP contribution >= 0.6 is 11.6 Å². The second-order valence-electron chi connectivity index (χ2n) is 5.21. The molecule has 2 aromatic rings. The minimum Gasteiger partial charge on any atom is -0.380 e. The molecule has 3 rings (SSSR count). The van der Waals surface area contributed by atoms with Crippen LogP contribution in [0.1, 0.15) is 19.3 Å². The molecule has 0 saturated heterocycles. The molecule has 1 aromatic heterocycles. The molecule has 1 aromatic carbocycles. The smallest absolute Gasteiger partial charge is 0.0934 e. The summed E-state index contributed by atoms with van der Waals surface area (Å²) in [7, 11) is 0. The fourth-order valence-electron chi connectivity index (χ4n) is 2.97. The van der Waals surface area contributed by atoms with Gasteiger partial charge in [0.2, 0.25) is 0 Å². The van der Waals surface area contributed by atoms with Crippen LogP contribution in [0.3, 0.4) is 0 Å². The highest BCUT2D eigenvalue weighted by molar-refractivity contribution is 6.31. The van der Waals surface area contributed by atoms with Crippen LogP contribution in [0.2, 0.25) is 5.02 Å². The van der Waals surface area contributed by atoms with E-state index in [0.717, 1.165) is 28.2 Å². The van der Waals surface area contributed by atoms with E-state index in [9.17, 15) is 0 Å². The lowest BCUT2D eigenvalue weighted by molar-refractivity contribution is 0.517. The third-order valence-electron chi connectivity index (χ3n) is 3.97. The average Bonchev–Trinajstić information content (AvgIpc) is 2.86. The predicted octanol–water partition coefficient (Wildman–Crippen LogP) is 3.43. The van der Waals surface area contributed by atoms with Crippen molar-refractivity contribution in [2.45, 2.75) is 25.3 Å². The number of aromatic nitrogens is 1. The van der Waals surface area contributed by atoms with Crippen molar-refractivity contribution >= 4 is 28.2 Å². The van der Waals surface area contributed by atoms with Gasteiger partial charge in [-0.3, -0.25) is 4.98 Å². The Labute approximate surface area is 118 Å². The summed E-state index contributed by atoms with van der Waals surface area (Å²) in [5, 5.41) is 5.41. The van der Waals surface area contributed by atoms with Gasteiger partial charge in [0.25, 0.3) is 0 Å². The predicted molar refractivity (Wildman–Crippen MR) is 80.6 cm³/mol. The molecule has 1 fully saturated rings. The summed E-state index contributed by atoms with van der Waals surface area (Å²) in [5.41, 5.74) is 7.84. The minimum atomic E-state index is 0.439. The standard InChI is InChI=1S/C15H18ClN3/c16-12-7-10-4-2-6-18-15(10)14(8-12)19-13-5-1-3-11(13)9-17/h2,4,6-8,11,13,19H,1,3,5,9,17H2. The molecule has 1 heterocycles. The molecular formula is C15H18ClN3. The summed E-state index contributed by atoms with van der Waals surface area (Å²) >= 11 is 6.19. The van der Waals surface area contributed by atoms with Gasteiger partial charge in [0, 0.05) is 22.6 Å². The van der Waals surface area contributed by atoms with Crippen LogP contribution < -0.4 is 11.1 Å². The van der Waals surface area contributed by atoms with Gasteiger partial charge in [0.05, 0.1) is 11.2 Å². The van der Waals surface area contributed by atoms with Crippen LogP contribution in [0.5, 0.6) is 0 Å². The van der Waals surface area contributed by atoms with Gasteiger partial charge in [-0.25, -0.2) is 0 Å². The fourth-order valence-corrected chi connectivity index (χ4v) is 3.20. The van der Waals surface area contributed by atoms with E-state index in [4.69, 9.17) is 17.3 Å². The van der Waals surface area contributed by atoms with E-state index >= 15 is 0 Å². The highest BCUT2D eigenvalue weighted by Crippen LogP contribution is 2.32. The van der Waals surface area contributed by atoms with E-state index in [1.54, 1.807) is 0 Å². The van der Waals surface area contributed by atoms with E-state index in [1.165, 1.54) is 19.3 Å². The zero-order chi connectivity index (χ0) is 13.2. The van der Waals surface area contributed by atoms with Crippen molar-refractivity contribution in [3.63, 3.8) is 0 Å². The number of hydrogen-bond acceptors (Lipinski definition) is 3. The molecule has 3 N–H and O–H groups in total. The first kappa shape index (κ1) is 12.7. The molecule has 19 heavy (non-hydrogen) atoms. The Hall–Kier alpha value is -1.32. The molecule has 0 amide bonds. The third-order valence-corrected chi connectivity index (χ3v) is 4.19. The first-order chi connectivity index (χ1) is 9.28. The number of pyridine rings is 1. The largest absolute Gasteiger partial charge is 0.380 e. The van der Waals surface area contributed by atoms with Gasteiger partial charge in [0.15, 0.2) is 0 Å². The van der Waals surface area contributed by atoms with Crippen LogP contribution in [0.25, 0.3) is 10.9 Å². The van der Waals surface area contributed by atoms with Crippen LogP contribution in [-0.2, 0) is 0 Å². The lowest BCUT2D eigenvalue weighted by atomic mass is 10.0. The second-order valence-corrected chi connectivity index (χ2v) is 5.64. The number of halogens is 1. The first-order valence-electron chi connectivity index (χ1n) is 6.79. The Bertz CT molecular complexity index is 585. The molecule has 100 valence electrons. The van der Waals surface area contributed by atoms with E-state index in [1.807, 2.05) is 30.5 Å². The zero-order valence-electron chi connectivity index (χ0n) is 10.8. The molecule has 3 nitrogen and oxygen atoms in total. The lowest BCUT2D eigenvalue weighted by Crippen LogP contribution is -2.29. The number of fused-ring (bicyclic) bond motifs is 1. The Morgan fingerprint density at radius 2 is 2.26 bits per heavy atom. The molecule has 1 aliphatic rings. The molecule has 0 radical (unpaired) electrons. The fraction of sp³-hybridized carbons (Fsp3) is 0.400. The summed E-state index contributed by atoms with van der Waals surface area (Å²) in [6.45, 7) is 0.740. The summed E-state index contributed by atoms with van der Waals surface area (Å²) in [5.74, 6) is 0.553. The maximum atomic E-state index is 6.19. The van der Waals surface area contributed by atoms with Crippen molar-refractivity contribution in [3.05, 3.63) is 35.5 Å². The highest BCUT2D eigenvalue weighted by atomic mass is 35.5. The highest BCUT2D eigenvalue weighted by Gasteiger charge is 2.26. The van der Waals surface area contributed by atoms with Crippen LogP contribution in [0, 0.1) is 5.92 Å². The van der Waals surface area contributed by atoms with Crippen molar-refractivity contribution in [1.29, 1.82) is 0 Å². The lowest BCUT2D eigenvalue weighted by Gasteiger charge is -2.21. The maximum Gasteiger partial charge on any atom is 0.0934 e. The summed E-state index contributed by atoms with van der Waals surface area (Å²) in [4.78, 5) is 4.46. The van der Waals surface area contributed by atoms with Gasteiger partial charge in [-0.05, 0) is 43.5 Å². The van der Waals surface area contributed by atoms with Gasteiger partial charge in [-0.1, -0.05) is 24.1 Å². The number of hydrogen-bond donors (Lipinski definition) is 2. The third kappa shape index (κ3) is 2.53. The topological polar surface area (TPSA) is 50.9 Å². The van der Waals surface area contributed by atoms with Crippen molar-refractivity contribution in [2.24, 2.45) is 11.7 Å². The van der Waals surface area contributed by atoms with Gasteiger partial charge in [-0.15, -0.1) is 0 Å². The van der Waals surface area contributed by atoms with E-state index in [0.29, 0.717) is 12.0 Å². The number of nitrogens with one attached hydrogen (secondary N) is 1. The summed E-state index contributed by atoms with van der Waals surface area (Å²) in [6, 6.07) is 8.32. The Morgan fingerprint density at radius 1 is 1.37 bits per heavy atom. The number of anilines is 1. The van der Waals surface area contributed by atoms with Gasteiger partial charge in [-0.2, -0.15) is 0 Å². The number of nitrogens with two attached hydrogens (primary N) is 1. The van der Waals surface area contributed by atoms with Crippen molar-refractivity contribution in [2.75, 3.05) is 11.9 Å². The monoisotopic (exact) mass is 275 g/mol. The van der Waals surface area contributed by atoms with Crippen molar-refractivity contribution in [3.8, 4) is 0 Å². The molecular weight excluding hydrogens is 258 g/mol. The van der Waals surface area contributed by atoms with E-state index < -0.39 is 0 Å². The molecule has 0 aliphatic heterocycles. The molecule has 0 bridgehead atoms. The van der Waals surface area contributed by atoms with Crippen molar-refractivity contribution in [1.82, 2.24) is 4.98 Å². The van der Waals surface area contributed by atoms with Gasteiger partial charge >= 0.3 is 0 Å². The number of nitrogens with zero attached hydrogens (tertiary/aromatic N) is 1. The summed E-state index contributed by atoms with van der Waals surface area (Å²) in [6.07, 6.45) is 5.44. The normalized spacial score (nSPS) is 22.8. The van der Waals surface area contributed by atoms with Crippen LogP contribution in [0.4, 0.5) is 5.69 Å². The van der Waals surface area contributed by atoms with E-state index in [2.05, 4.69) is 10.3 Å². The van der Waals surface area contributed by atoms with Gasteiger partial charge in [0.1, 0.15) is 0 Å². The minimum absolute atomic E-state index is 0.439. The van der Waals surface area contributed by atoms with Crippen LogP contribution in [-0.4, -0.2) is 17.6 Å². The summed E-state index contributed by atoms with van der Waals surface area (Å²) < 4.78 is 0. The number of rotatable bonds is 3. The van der Waals surface area contributed by atoms with E-state index in [-0.39, 0.29) is 0 Å². The Balaban J connectivity index is 1.96. The quantitative estimate of drug-likeness (QED) is 0.902. The molecule has 0 spiro atoms. The van der Waals surface area contributed by atoms with Crippen LogP contribution in [0.15, 0.2) is 30.5 Å². The molecule has 1 saturated carbocycles. The average molecular weight is 276 g/mol. The SMILES string of the molecule is NCC1CCCC1Nc1cc(Cl)cc2cccnc12. The Kier molecular flexibility index (Phi) is 3.58. The van der Waals surface area contributed by atoms with Crippen molar-refractivity contribution < 1.29 is 0 Å². The Morgan fingerprint density at radius 3 is 3.11 bits per heavy atom.